The molecule has 4 heteroatoms. The molecule has 1 aromatic heterocycles. The summed E-state index contributed by atoms with van der Waals surface area (Å²) in [4.78, 5) is 4.18. The number of rotatable bonds is 5. The Morgan fingerprint density at radius 1 is 1.15 bits per heavy atom. The van der Waals surface area contributed by atoms with E-state index in [4.69, 9.17) is 10.6 Å². The largest absolute Gasteiger partial charge is 0.491 e. The maximum absolute atomic E-state index is 5.72. The van der Waals surface area contributed by atoms with Crippen LogP contribution in [0.15, 0.2) is 42.7 Å². The van der Waals surface area contributed by atoms with Crippen molar-refractivity contribution in [2.45, 2.75) is 32.9 Å². The van der Waals surface area contributed by atoms with E-state index in [2.05, 4.69) is 17.3 Å². The second-order valence-electron chi connectivity index (χ2n) is 5.07. The van der Waals surface area contributed by atoms with Gasteiger partial charge in [-0.25, -0.2) is 5.43 Å². The predicted molar refractivity (Wildman–Crippen MR) is 80.3 cm³/mol. The van der Waals surface area contributed by atoms with E-state index in [9.17, 15) is 0 Å². The molecule has 2 aromatic rings. The summed E-state index contributed by atoms with van der Waals surface area (Å²) in [7, 11) is 0. The molecule has 0 aliphatic carbocycles. The van der Waals surface area contributed by atoms with Gasteiger partial charge >= 0.3 is 0 Å². The number of hydrogen-bond donors (Lipinski definition) is 2. The molecular formula is C16H21N3O. The summed E-state index contributed by atoms with van der Waals surface area (Å²) in [5.74, 6) is 6.58. The van der Waals surface area contributed by atoms with Gasteiger partial charge in [-0.15, -0.1) is 0 Å². The fraction of sp³-hybridized carbons (Fsp3) is 0.312. The molecule has 0 saturated heterocycles. The monoisotopic (exact) mass is 271 g/mol. The zero-order valence-corrected chi connectivity index (χ0v) is 12.1. The van der Waals surface area contributed by atoms with E-state index >= 15 is 0 Å². The fourth-order valence-corrected chi connectivity index (χ4v) is 2.15. The smallest absolute Gasteiger partial charge is 0.119 e. The van der Waals surface area contributed by atoms with Gasteiger partial charge in [-0.1, -0.05) is 12.1 Å². The Balaban J connectivity index is 2.26. The van der Waals surface area contributed by atoms with E-state index in [1.165, 1.54) is 0 Å². The van der Waals surface area contributed by atoms with Crippen LogP contribution in [0.1, 0.15) is 36.6 Å². The molecule has 0 fully saturated rings. The lowest BCUT2D eigenvalue weighted by Crippen LogP contribution is -2.29. The van der Waals surface area contributed by atoms with Crippen molar-refractivity contribution in [1.82, 2.24) is 10.4 Å². The fourth-order valence-electron chi connectivity index (χ4n) is 2.15. The highest BCUT2D eigenvalue weighted by Crippen LogP contribution is 2.25. The van der Waals surface area contributed by atoms with Crippen molar-refractivity contribution < 1.29 is 4.74 Å². The molecule has 0 saturated carbocycles. The second kappa shape index (κ2) is 6.50. The van der Waals surface area contributed by atoms with Gasteiger partial charge < -0.3 is 4.74 Å². The van der Waals surface area contributed by atoms with Crippen molar-refractivity contribution in [3.05, 3.63) is 59.4 Å². The topological polar surface area (TPSA) is 60.2 Å². The lowest BCUT2D eigenvalue weighted by molar-refractivity contribution is 0.242. The number of pyridine rings is 1. The van der Waals surface area contributed by atoms with Crippen LogP contribution in [0, 0.1) is 6.92 Å². The first kappa shape index (κ1) is 14.5. The normalized spacial score (nSPS) is 12.4. The molecule has 1 unspecified atom stereocenters. The first-order chi connectivity index (χ1) is 9.61. The van der Waals surface area contributed by atoms with Gasteiger partial charge in [0.25, 0.3) is 0 Å². The zero-order valence-electron chi connectivity index (χ0n) is 12.1. The van der Waals surface area contributed by atoms with Crippen molar-refractivity contribution in [2.24, 2.45) is 5.84 Å². The number of hydrazine groups is 1. The van der Waals surface area contributed by atoms with Gasteiger partial charge in [-0.3, -0.25) is 10.8 Å². The minimum atomic E-state index is -0.0724. The highest BCUT2D eigenvalue weighted by atomic mass is 16.5. The summed E-state index contributed by atoms with van der Waals surface area (Å²) in [6.07, 6.45) is 3.80. The van der Waals surface area contributed by atoms with E-state index in [1.807, 2.05) is 50.4 Å². The van der Waals surface area contributed by atoms with Crippen LogP contribution in [0.4, 0.5) is 0 Å². The Morgan fingerprint density at radius 3 is 2.40 bits per heavy atom. The third-order valence-corrected chi connectivity index (χ3v) is 3.14. The molecule has 0 aliphatic rings. The van der Waals surface area contributed by atoms with E-state index in [0.29, 0.717) is 0 Å². The maximum Gasteiger partial charge on any atom is 0.119 e. The molecule has 0 bridgehead atoms. The summed E-state index contributed by atoms with van der Waals surface area (Å²) in [6, 6.07) is 9.88. The van der Waals surface area contributed by atoms with Gasteiger partial charge in [0, 0.05) is 12.4 Å². The first-order valence-corrected chi connectivity index (χ1v) is 6.75. The standard InChI is InChI=1S/C16H21N3O/c1-11(2)20-14-6-4-13(5-7-14)16(19-17)15-10-18-9-8-12(15)3/h4-11,16,19H,17H2,1-3H3. The van der Waals surface area contributed by atoms with Crippen molar-refractivity contribution in [3.8, 4) is 5.75 Å². The van der Waals surface area contributed by atoms with Crippen LogP contribution in [0.25, 0.3) is 0 Å². The van der Waals surface area contributed by atoms with Crippen LogP contribution >= 0.6 is 0 Å². The molecule has 4 nitrogen and oxygen atoms in total. The van der Waals surface area contributed by atoms with Crippen LogP contribution in [-0.2, 0) is 0 Å². The van der Waals surface area contributed by atoms with Gasteiger partial charge in [0.15, 0.2) is 0 Å². The van der Waals surface area contributed by atoms with E-state index in [-0.39, 0.29) is 12.1 Å². The van der Waals surface area contributed by atoms with E-state index in [1.54, 1.807) is 6.20 Å². The third-order valence-electron chi connectivity index (χ3n) is 3.14. The summed E-state index contributed by atoms with van der Waals surface area (Å²) in [6.45, 7) is 6.08. The molecule has 1 atom stereocenters. The molecule has 0 radical (unpaired) electrons. The number of ether oxygens (including phenoxy) is 1. The highest BCUT2D eigenvalue weighted by molar-refractivity contribution is 5.37. The Bertz CT molecular complexity index is 552. The molecular weight excluding hydrogens is 250 g/mol. The molecule has 1 heterocycles. The number of nitrogens with one attached hydrogen (secondary N) is 1. The van der Waals surface area contributed by atoms with Crippen molar-refractivity contribution in [3.63, 3.8) is 0 Å². The Kier molecular flexibility index (Phi) is 4.71. The van der Waals surface area contributed by atoms with Crippen molar-refractivity contribution >= 4 is 0 Å². The number of nitrogens with zero attached hydrogens (tertiary/aromatic N) is 1. The van der Waals surface area contributed by atoms with Gasteiger partial charge in [-0.05, 0) is 55.7 Å². The second-order valence-corrected chi connectivity index (χ2v) is 5.07. The average Bonchev–Trinajstić information content (AvgIpc) is 2.43. The number of nitrogens with two attached hydrogens (primary N) is 1. The Hall–Kier alpha value is -1.91. The van der Waals surface area contributed by atoms with E-state index < -0.39 is 0 Å². The minimum Gasteiger partial charge on any atom is -0.491 e. The minimum absolute atomic E-state index is 0.0724. The quantitative estimate of drug-likeness (QED) is 0.648. The van der Waals surface area contributed by atoms with Crippen molar-refractivity contribution in [1.29, 1.82) is 0 Å². The summed E-state index contributed by atoms with van der Waals surface area (Å²) in [5.41, 5.74) is 6.17. The molecule has 3 N–H and O–H groups in total. The molecule has 0 aliphatic heterocycles. The average molecular weight is 271 g/mol. The number of aromatic nitrogens is 1. The lowest BCUT2D eigenvalue weighted by Gasteiger charge is -2.19. The van der Waals surface area contributed by atoms with Gasteiger partial charge in [-0.2, -0.15) is 0 Å². The van der Waals surface area contributed by atoms with Crippen LogP contribution < -0.4 is 16.0 Å². The zero-order chi connectivity index (χ0) is 14.5. The van der Waals surface area contributed by atoms with Gasteiger partial charge in [0.05, 0.1) is 12.1 Å². The van der Waals surface area contributed by atoms with Crippen LogP contribution in [0.2, 0.25) is 0 Å². The first-order valence-electron chi connectivity index (χ1n) is 6.75. The highest BCUT2D eigenvalue weighted by Gasteiger charge is 2.14. The Morgan fingerprint density at radius 2 is 1.85 bits per heavy atom. The summed E-state index contributed by atoms with van der Waals surface area (Å²) < 4.78 is 5.65. The molecule has 0 spiro atoms. The molecule has 106 valence electrons. The van der Waals surface area contributed by atoms with Crippen LogP contribution in [-0.4, -0.2) is 11.1 Å². The third kappa shape index (κ3) is 3.35. The molecule has 20 heavy (non-hydrogen) atoms. The summed E-state index contributed by atoms with van der Waals surface area (Å²) in [5, 5.41) is 0. The molecule has 1 aromatic carbocycles. The Labute approximate surface area is 120 Å². The van der Waals surface area contributed by atoms with Crippen LogP contribution in [0.5, 0.6) is 5.75 Å². The van der Waals surface area contributed by atoms with Crippen LogP contribution in [0.3, 0.4) is 0 Å². The predicted octanol–water partition coefficient (Wildman–Crippen LogP) is 2.73. The number of hydrogen-bond acceptors (Lipinski definition) is 4. The van der Waals surface area contributed by atoms with Gasteiger partial charge in [0.2, 0.25) is 0 Å². The summed E-state index contributed by atoms with van der Waals surface area (Å²) >= 11 is 0. The maximum atomic E-state index is 5.72. The molecule has 2 rings (SSSR count). The number of benzene rings is 1. The van der Waals surface area contributed by atoms with E-state index in [0.717, 1.165) is 22.4 Å². The SMILES string of the molecule is Cc1ccncc1C(NN)c1ccc(OC(C)C)cc1. The number of aryl methyl sites for hydroxylation is 1. The molecule has 0 amide bonds. The van der Waals surface area contributed by atoms with Gasteiger partial charge in [0.1, 0.15) is 5.75 Å². The lowest BCUT2D eigenvalue weighted by atomic mass is 9.97. The van der Waals surface area contributed by atoms with Crippen molar-refractivity contribution in [2.75, 3.05) is 0 Å².